The molecule has 1 aromatic rings. The number of benzene rings is 1. The first-order chi connectivity index (χ1) is 10.3. The molecular weight excluding hydrogens is 328 g/mol. The van der Waals surface area contributed by atoms with Gasteiger partial charge >= 0.3 is 0 Å². The molecule has 0 saturated heterocycles. The van der Waals surface area contributed by atoms with Gasteiger partial charge in [0, 0.05) is 21.7 Å². The van der Waals surface area contributed by atoms with Gasteiger partial charge in [-0.15, -0.1) is 0 Å². The van der Waals surface area contributed by atoms with Crippen molar-refractivity contribution < 1.29 is 30.1 Å². The van der Waals surface area contributed by atoms with E-state index in [1.165, 1.54) is 57.8 Å². The van der Waals surface area contributed by atoms with Crippen LogP contribution in [0.2, 0.25) is 0 Å². The fraction of sp³-hybridized carbons (Fsp3) is 0.667. The van der Waals surface area contributed by atoms with E-state index in [0.717, 1.165) is 18.4 Å². The second kappa shape index (κ2) is 14.5. The molecule has 0 saturated carbocycles. The molecular formula is C18H29O2STi-. The van der Waals surface area contributed by atoms with Crippen LogP contribution < -0.4 is 0 Å². The molecule has 1 aromatic carbocycles. The van der Waals surface area contributed by atoms with Gasteiger partial charge in [0.15, 0.2) is 0 Å². The maximum absolute atomic E-state index is 11.1. The quantitative estimate of drug-likeness (QED) is 0.268. The van der Waals surface area contributed by atoms with Crippen LogP contribution >= 0.6 is 0 Å². The molecule has 1 rings (SSSR count). The topological polar surface area (TPSA) is 34.1 Å². The van der Waals surface area contributed by atoms with Gasteiger partial charge in [-0.3, -0.25) is 0 Å². The van der Waals surface area contributed by atoms with Crippen LogP contribution in [-0.2, 0) is 47.3 Å². The van der Waals surface area contributed by atoms with Crippen molar-refractivity contribution in [3.8, 4) is 0 Å². The van der Waals surface area contributed by atoms with E-state index in [2.05, 4.69) is 6.92 Å². The van der Waals surface area contributed by atoms with Crippen LogP contribution in [0, 0.1) is 0 Å². The Kier molecular flexibility index (Phi) is 14.4. The average Bonchev–Trinajstić information content (AvgIpc) is 2.49. The third-order valence-corrected chi connectivity index (χ3v) is 4.71. The average molecular weight is 357 g/mol. The van der Waals surface area contributed by atoms with Crippen LogP contribution in [0.4, 0.5) is 0 Å². The molecule has 0 spiro atoms. The maximum atomic E-state index is 11.1. The predicted octanol–water partition coefficient (Wildman–Crippen LogP) is 5.82. The molecule has 0 aromatic heterocycles. The van der Waals surface area contributed by atoms with Crippen LogP contribution in [0.1, 0.15) is 76.7 Å². The van der Waals surface area contributed by atoms with E-state index in [-0.39, 0.29) is 21.7 Å². The summed E-state index contributed by atoms with van der Waals surface area (Å²) in [5.74, 6) is 0. The molecule has 0 aliphatic carbocycles. The van der Waals surface area contributed by atoms with E-state index in [1.807, 2.05) is 12.1 Å². The summed E-state index contributed by atoms with van der Waals surface area (Å²) in [6, 6.07) is 7.32. The molecule has 0 bridgehead atoms. The van der Waals surface area contributed by atoms with Crippen LogP contribution in [0.5, 0.6) is 0 Å². The Bertz CT molecular complexity index is 450. The molecule has 0 atom stereocenters. The van der Waals surface area contributed by atoms with E-state index in [1.54, 1.807) is 12.1 Å². The summed E-state index contributed by atoms with van der Waals surface area (Å²) in [5, 5.41) is 0. The summed E-state index contributed by atoms with van der Waals surface area (Å²) in [6.45, 7) is 2.25. The minimum absolute atomic E-state index is 0. The van der Waals surface area contributed by atoms with Crippen LogP contribution in [0.3, 0.4) is 0 Å². The molecule has 0 radical (unpaired) electrons. The third-order valence-electron chi connectivity index (χ3n) is 3.95. The van der Waals surface area contributed by atoms with Crippen molar-refractivity contribution in [2.24, 2.45) is 0 Å². The molecule has 22 heavy (non-hydrogen) atoms. The Morgan fingerprint density at radius 1 is 0.773 bits per heavy atom. The minimum atomic E-state index is -2.11. The van der Waals surface area contributed by atoms with Gasteiger partial charge in [0.25, 0.3) is 0 Å². The normalized spacial score (nSPS) is 10.6. The Balaban J connectivity index is 0.00000441. The fourth-order valence-electron chi connectivity index (χ4n) is 2.68. The van der Waals surface area contributed by atoms with E-state index < -0.39 is 10.7 Å². The van der Waals surface area contributed by atoms with Gasteiger partial charge in [-0.1, -0.05) is 99.4 Å². The summed E-state index contributed by atoms with van der Waals surface area (Å²) < 4.78 is 22.2. The van der Waals surface area contributed by atoms with Crippen molar-refractivity contribution in [2.45, 2.75) is 82.4 Å². The number of aryl methyl sites for hydroxylation is 1. The van der Waals surface area contributed by atoms with E-state index in [9.17, 15) is 8.42 Å². The zero-order valence-electron chi connectivity index (χ0n) is 13.8. The van der Waals surface area contributed by atoms with Crippen molar-refractivity contribution in [1.29, 1.82) is 0 Å². The van der Waals surface area contributed by atoms with Gasteiger partial charge in [-0.25, -0.2) is 0 Å². The molecule has 0 heterocycles. The molecule has 124 valence electrons. The van der Waals surface area contributed by atoms with Crippen LogP contribution in [-0.4, -0.2) is 0 Å². The molecule has 0 aliphatic rings. The Labute approximate surface area is 152 Å². The number of rotatable bonds is 12. The van der Waals surface area contributed by atoms with Crippen LogP contribution in [0.15, 0.2) is 29.2 Å². The first-order valence-corrected chi connectivity index (χ1v) is 9.50. The van der Waals surface area contributed by atoms with Gasteiger partial charge in [-0.05, 0) is 23.5 Å². The molecule has 0 aliphatic heterocycles. The summed E-state index contributed by atoms with van der Waals surface area (Å²) in [4.78, 5) is 0.466. The van der Waals surface area contributed by atoms with E-state index in [4.69, 9.17) is 0 Å². The largest absolute Gasteiger partial charge is 0.420 e. The fourth-order valence-corrected chi connectivity index (χ4v) is 3.25. The molecule has 0 N–H and O–H groups in total. The van der Waals surface area contributed by atoms with Crippen molar-refractivity contribution in [2.75, 3.05) is 0 Å². The summed E-state index contributed by atoms with van der Waals surface area (Å²) in [6.07, 6.45) is 14.0. The van der Waals surface area contributed by atoms with Gasteiger partial charge in [0.1, 0.15) is 0 Å². The maximum Gasteiger partial charge on any atom is 0 e. The smallest absolute Gasteiger partial charge is 0 e. The molecule has 0 amide bonds. The van der Waals surface area contributed by atoms with Crippen molar-refractivity contribution in [1.82, 2.24) is 0 Å². The van der Waals surface area contributed by atoms with Crippen molar-refractivity contribution in [3.05, 3.63) is 29.8 Å². The van der Waals surface area contributed by atoms with Gasteiger partial charge in [0.05, 0.1) is 0 Å². The summed E-state index contributed by atoms with van der Waals surface area (Å²) in [7, 11) is -2.11. The van der Waals surface area contributed by atoms with Crippen molar-refractivity contribution >= 4 is 10.7 Å². The second-order valence-corrected chi connectivity index (χ2v) is 6.68. The molecule has 0 unspecified atom stereocenters. The van der Waals surface area contributed by atoms with Gasteiger partial charge in [-0.2, -0.15) is 0 Å². The molecule has 0 fully saturated rings. The predicted molar refractivity (Wildman–Crippen MR) is 89.0 cm³/mol. The molecule has 4 heteroatoms. The summed E-state index contributed by atoms with van der Waals surface area (Å²) in [5.41, 5.74) is 0.963. The first-order valence-electron chi connectivity index (χ1n) is 8.43. The van der Waals surface area contributed by atoms with Gasteiger partial charge in [0.2, 0.25) is 0 Å². The number of hydrogen-bond acceptors (Lipinski definition) is 3. The number of unbranched alkanes of at least 4 members (excludes halogenated alkanes) is 9. The summed E-state index contributed by atoms with van der Waals surface area (Å²) >= 11 is 0. The molecule has 2 nitrogen and oxygen atoms in total. The van der Waals surface area contributed by atoms with E-state index in [0.29, 0.717) is 4.90 Å². The van der Waals surface area contributed by atoms with Gasteiger partial charge < -0.3 is 8.42 Å². The van der Waals surface area contributed by atoms with Crippen LogP contribution in [0.25, 0.3) is 0 Å². The standard InChI is InChI=1S/C18H29O2S.Ti/c1-2-3-4-5-6-7-8-9-10-11-14-17-15-12-13-16-18(17)21(19)20;/h12-13,15-16H,2-11,14H2,1H3;/q-1;. The third kappa shape index (κ3) is 9.81. The Morgan fingerprint density at radius 3 is 1.82 bits per heavy atom. The van der Waals surface area contributed by atoms with Crippen molar-refractivity contribution in [3.63, 3.8) is 0 Å². The zero-order chi connectivity index (χ0) is 15.3. The minimum Gasteiger partial charge on any atom is -0.420 e. The number of hydrogen-bond donors (Lipinski definition) is 0. The first kappa shape index (κ1) is 21.9. The van der Waals surface area contributed by atoms with E-state index >= 15 is 0 Å². The monoisotopic (exact) mass is 357 g/mol. The SMILES string of the molecule is CCCCCCCCCCCCc1ccccc1[S-](=O)=O.[Ti]. The zero-order valence-corrected chi connectivity index (χ0v) is 16.2. The Hall–Kier alpha value is -0.116. The Morgan fingerprint density at radius 2 is 1.27 bits per heavy atom. The second-order valence-electron chi connectivity index (χ2n) is 5.77.